The Hall–Kier alpha value is -2.43. The van der Waals surface area contributed by atoms with Crippen LogP contribution >= 0.6 is 43.5 Å². The number of hydrogen-bond acceptors (Lipinski definition) is 7. The number of halogens is 3. The van der Waals surface area contributed by atoms with Crippen LogP contribution < -0.4 is 15.0 Å². The number of benzene rings is 2. The molecular formula is C24H24Br2ClN3O5. The van der Waals surface area contributed by atoms with E-state index in [1.807, 2.05) is 26.8 Å². The van der Waals surface area contributed by atoms with Crippen LogP contribution in [0.4, 0.5) is 0 Å². The fraction of sp³-hybridized carbons (Fsp3) is 0.333. The Balaban J connectivity index is 2.15. The van der Waals surface area contributed by atoms with E-state index in [2.05, 4.69) is 37.0 Å². The lowest BCUT2D eigenvalue weighted by Crippen LogP contribution is -2.29. The van der Waals surface area contributed by atoms with Crippen molar-refractivity contribution in [3.05, 3.63) is 60.0 Å². The molecule has 0 spiro atoms. The molecule has 0 N–H and O–H groups in total. The molecule has 0 amide bonds. The number of nitrogens with zero attached hydrogens (tertiary/aromatic N) is 3. The van der Waals surface area contributed by atoms with Crippen LogP contribution in [0.3, 0.4) is 0 Å². The van der Waals surface area contributed by atoms with Crippen LogP contribution in [0, 0.1) is 0 Å². The van der Waals surface area contributed by atoms with Crippen molar-refractivity contribution in [2.24, 2.45) is 5.10 Å². The third-order valence-corrected chi connectivity index (χ3v) is 6.93. The van der Waals surface area contributed by atoms with Gasteiger partial charge in [-0.2, -0.15) is 9.78 Å². The summed E-state index contributed by atoms with van der Waals surface area (Å²) in [6, 6.07) is 6.98. The standard InChI is InChI=1S/C24H24Br2ClN3O5/c1-12(22(32)34-6)35-20-17(33-5)9-13(18(26)19(20)27)11-28-30-21(31)15-10-14(25)7-8-16(15)29-23(30)24(2,3)4/h7-12H,1-6H3/t12-/m0/s1. The van der Waals surface area contributed by atoms with Gasteiger partial charge in [0.25, 0.3) is 5.56 Å². The maximum Gasteiger partial charge on any atom is 0.346 e. The van der Waals surface area contributed by atoms with Crippen LogP contribution in [0.25, 0.3) is 10.9 Å². The van der Waals surface area contributed by atoms with E-state index in [9.17, 15) is 9.59 Å². The summed E-state index contributed by atoms with van der Waals surface area (Å²) in [7, 11) is 2.72. The van der Waals surface area contributed by atoms with Crippen molar-refractivity contribution in [2.45, 2.75) is 39.2 Å². The zero-order chi connectivity index (χ0) is 26.1. The molecule has 0 aliphatic rings. The predicted octanol–water partition coefficient (Wildman–Crippen LogP) is 5.70. The fourth-order valence-electron chi connectivity index (χ4n) is 3.21. The van der Waals surface area contributed by atoms with Crippen molar-refractivity contribution in [1.29, 1.82) is 0 Å². The van der Waals surface area contributed by atoms with Crippen LogP contribution in [0.15, 0.2) is 43.1 Å². The minimum Gasteiger partial charge on any atom is -0.493 e. The molecule has 8 nitrogen and oxygen atoms in total. The average molecular weight is 630 g/mol. The molecule has 0 aliphatic carbocycles. The van der Waals surface area contributed by atoms with Gasteiger partial charge in [-0.05, 0) is 47.1 Å². The largest absolute Gasteiger partial charge is 0.493 e. The molecule has 0 fully saturated rings. The van der Waals surface area contributed by atoms with Crippen LogP contribution in [0.1, 0.15) is 39.1 Å². The molecule has 186 valence electrons. The Morgan fingerprint density at radius 1 is 1.23 bits per heavy atom. The molecule has 11 heteroatoms. The van der Waals surface area contributed by atoms with Gasteiger partial charge in [0.15, 0.2) is 17.6 Å². The molecule has 0 unspecified atom stereocenters. The molecule has 3 rings (SSSR count). The Labute approximate surface area is 224 Å². The van der Waals surface area contributed by atoms with E-state index in [0.717, 1.165) is 4.47 Å². The summed E-state index contributed by atoms with van der Waals surface area (Å²) in [5, 5.41) is 5.08. The lowest BCUT2D eigenvalue weighted by Gasteiger charge is -2.21. The lowest BCUT2D eigenvalue weighted by molar-refractivity contribution is -0.147. The van der Waals surface area contributed by atoms with Crippen molar-refractivity contribution < 1.29 is 19.0 Å². The highest BCUT2D eigenvalue weighted by molar-refractivity contribution is 9.10. The number of carbonyl (C=O) groups excluding carboxylic acids is 1. The van der Waals surface area contributed by atoms with Crippen molar-refractivity contribution in [3.8, 4) is 11.5 Å². The van der Waals surface area contributed by atoms with Gasteiger partial charge in [0.05, 0.1) is 31.3 Å². The predicted molar refractivity (Wildman–Crippen MR) is 143 cm³/mol. The number of esters is 1. The van der Waals surface area contributed by atoms with Crippen LogP contribution in [0.5, 0.6) is 11.5 Å². The molecule has 1 aromatic heterocycles. The van der Waals surface area contributed by atoms with Crippen LogP contribution in [0.2, 0.25) is 5.02 Å². The smallest absolute Gasteiger partial charge is 0.346 e. The van der Waals surface area contributed by atoms with Gasteiger partial charge in [0, 0.05) is 19.9 Å². The topological polar surface area (TPSA) is 92.0 Å². The molecule has 2 aromatic carbocycles. The quantitative estimate of drug-likeness (QED) is 0.257. The van der Waals surface area contributed by atoms with Crippen molar-refractivity contribution in [3.63, 3.8) is 0 Å². The molecule has 3 aromatic rings. The Bertz CT molecular complexity index is 1380. The van der Waals surface area contributed by atoms with Gasteiger partial charge in [-0.3, -0.25) is 4.79 Å². The maximum atomic E-state index is 13.4. The van der Waals surface area contributed by atoms with Gasteiger partial charge in [-0.1, -0.05) is 48.3 Å². The first-order chi connectivity index (χ1) is 16.4. The number of carbonyl (C=O) groups is 1. The number of methoxy groups -OCH3 is 2. The minimum absolute atomic E-state index is 0.167. The van der Waals surface area contributed by atoms with Gasteiger partial charge < -0.3 is 14.2 Å². The van der Waals surface area contributed by atoms with Crippen molar-refractivity contribution in [2.75, 3.05) is 14.2 Å². The first-order valence-corrected chi connectivity index (χ1v) is 12.4. The Kier molecular flexibility index (Phi) is 8.28. The average Bonchev–Trinajstić information content (AvgIpc) is 2.81. The highest BCUT2D eigenvalue weighted by Gasteiger charge is 2.24. The van der Waals surface area contributed by atoms with E-state index in [4.69, 9.17) is 30.8 Å². The highest BCUT2D eigenvalue weighted by Crippen LogP contribution is 2.42. The molecule has 0 saturated carbocycles. The van der Waals surface area contributed by atoms with Crippen molar-refractivity contribution >= 4 is 66.5 Å². The van der Waals surface area contributed by atoms with Gasteiger partial charge in [-0.25, -0.2) is 9.78 Å². The summed E-state index contributed by atoms with van der Waals surface area (Å²) < 4.78 is 18.3. The van der Waals surface area contributed by atoms with Crippen LogP contribution in [-0.4, -0.2) is 42.2 Å². The summed E-state index contributed by atoms with van der Waals surface area (Å²) in [6.07, 6.45) is 0.572. The second kappa shape index (κ2) is 10.7. The zero-order valence-corrected chi connectivity index (χ0v) is 23.9. The van der Waals surface area contributed by atoms with E-state index in [1.54, 1.807) is 18.2 Å². The Morgan fingerprint density at radius 3 is 2.51 bits per heavy atom. The van der Waals surface area contributed by atoms with Gasteiger partial charge in [0.2, 0.25) is 0 Å². The minimum atomic E-state index is -0.909. The van der Waals surface area contributed by atoms with Crippen molar-refractivity contribution in [1.82, 2.24) is 9.66 Å². The third kappa shape index (κ3) is 5.70. The number of aromatic nitrogens is 2. The zero-order valence-electron chi connectivity index (χ0n) is 20.0. The number of fused-ring (bicyclic) bond motifs is 1. The summed E-state index contributed by atoms with van der Waals surface area (Å²) in [5.74, 6) is 0.379. The highest BCUT2D eigenvalue weighted by atomic mass is 79.9. The van der Waals surface area contributed by atoms with E-state index in [-0.39, 0.29) is 22.1 Å². The van der Waals surface area contributed by atoms with E-state index >= 15 is 0 Å². The summed E-state index contributed by atoms with van der Waals surface area (Å²) >= 11 is 13.4. The first-order valence-electron chi connectivity index (χ1n) is 10.5. The maximum absolute atomic E-state index is 13.4. The molecule has 1 atom stereocenters. The molecule has 35 heavy (non-hydrogen) atoms. The second-order valence-electron chi connectivity index (χ2n) is 8.62. The molecule has 0 saturated heterocycles. The number of hydrogen-bond donors (Lipinski definition) is 0. The molecule has 0 bridgehead atoms. The van der Waals surface area contributed by atoms with Gasteiger partial charge in [-0.15, -0.1) is 0 Å². The summed E-state index contributed by atoms with van der Waals surface area (Å²) in [5.41, 5.74) is 0.331. The normalized spacial score (nSPS) is 12.7. The number of ether oxygens (including phenoxy) is 3. The van der Waals surface area contributed by atoms with Crippen LogP contribution in [-0.2, 0) is 14.9 Å². The first kappa shape index (κ1) is 27.2. The third-order valence-electron chi connectivity index (χ3n) is 5.00. The Morgan fingerprint density at radius 2 is 1.91 bits per heavy atom. The monoisotopic (exact) mass is 627 g/mol. The van der Waals surface area contributed by atoms with Gasteiger partial charge in [0.1, 0.15) is 10.8 Å². The number of rotatable bonds is 6. The molecule has 0 radical (unpaired) electrons. The van der Waals surface area contributed by atoms with E-state index in [0.29, 0.717) is 26.8 Å². The summed E-state index contributed by atoms with van der Waals surface area (Å²) in [6.45, 7) is 7.40. The molecule has 0 aliphatic heterocycles. The molecular weight excluding hydrogens is 606 g/mol. The van der Waals surface area contributed by atoms with E-state index in [1.165, 1.54) is 32.0 Å². The van der Waals surface area contributed by atoms with E-state index < -0.39 is 17.5 Å². The fourth-order valence-corrected chi connectivity index (χ4v) is 4.22. The lowest BCUT2D eigenvalue weighted by atomic mass is 9.95. The molecule has 1 heterocycles. The SMILES string of the molecule is COC(=O)[C@H](C)Oc1c(OC)cc(C=Nn2c(C(C)(C)C)nc3ccc(Br)cc3c2=O)c(Br)c1Cl. The van der Waals surface area contributed by atoms with Gasteiger partial charge >= 0.3 is 5.97 Å². The summed E-state index contributed by atoms with van der Waals surface area (Å²) in [4.78, 5) is 29.9. The second-order valence-corrected chi connectivity index (χ2v) is 10.7.